The van der Waals surface area contributed by atoms with Gasteiger partial charge in [-0.1, -0.05) is 60.7 Å². The highest BCUT2D eigenvalue weighted by molar-refractivity contribution is 5.92. The zero-order valence-corrected chi connectivity index (χ0v) is 11.1. The van der Waals surface area contributed by atoms with Gasteiger partial charge in [0.1, 0.15) is 0 Å². The molecule has 0 heterocycles. The summed E-state index contributed by atoms with van der Waals surface area (Å²) in [6.45, 7) is -0.516. The zero-order valence-electron chi connectivity index (χ0n) is 11.1. The molecule has 0 aliphatic heterocycles. The number of hydrogen-bond donors (Lipinski definition) is 2. The molecule has 0 aromatic heterocycles. The second-order valence-corrected chi connectivity index (χ2v) is 4.69. The average Bonchev–Trinajstić information content (AvgIpc) is 2.51. The van der Waals surface area contributed by atoms with E-state index in [-0.39, 0.29) is 19.0 Å². The number of carbonyl (C=O) groups excluding carboxylic acids is 1. The molecule has 0 saturated heterocycles. The Morgan fingerprint density at radius 1 is 0.750 bits per heavy atom. The highest BCUT2D eigenvalue weighted by Crippen LogP contribution is 2.26. The Balaban J connectivity index is 2.28. The highest BCUT2D eigenvalue weighted by atomic mass is 16.3. The molecule has 20 heavy (non-hydrogen) atoms. The van der Waals surface area contributed by atoms with Gasteiger partial charge in [-0.05, 0) is 11.1 Å². The molecule has 2 aromatic rings. The molecule has 2 rings (SSSR count). The first-order valence-corrected chi connectivity index (χ1v) is 6.63. The van der Waals surface area contributed by atoms with Crippen LogP contribution in [0.25, 0.3) is 0 Å². The summed E-state index contributed by atoms with van der Waals surface area (Å²) in [5.74, 6) is -1.37. The van der Waals surface area contributed by atoms with E-state index in [1.165, 1.54) is 0 Å². The zero-order chi connectivity index (χ0) is 14.4. The number of hydrogen-bond acceptors (Lipinski definition) is 3. The number of aliphatic hydroxyl groups excluding tert-OH is 2. The van der Waals surface area contributed by atoms with Crippen LogP contribution < -0.4 is 0 Å². The molecule has 0 bridgehead atoms. The Bertz CT molecular complexity index is 487. The molecule has 0 aliphatic carbocycles. The van der Waals surface area contributed by atoms with Crippen LogP contribution in [0.5, 0.6) is 0 Å². The number of carbonyl (C=O) groups is 1. The van der Waals surface area contributed by atoms with E-state index in [9.17, 15) is 15.0 Å². The lowest BCUT2D eigenvalue weighted by Gasteiger charge is -2.20. The van der Waals surface area contributed by atoms with Crippen molar-refractivity contribution in [1.82, 2.24) is 0 Å². The fourth-order valence-corrected chi connectivity index (χ4v) is 2.33. The number of Topliss-reactive ketones (excluding diaryl/α,β-unsaturated/α-hetero) is 1. The number of benzene rings is 2. The second-order valence-electron chi connectivity index (χ2n) is 4.69. The highest BCUT2D eigenvalue weighted by Gasteiger charge is 2.28. The van der Waals surface area contributed by atoms with Crippen molar-refractivity contribution < 1.29 is 15.0 Å². The van der Waals surface area contributed by atoms with E-state index in [0.717, 1.165) is 11.1 Å². The van der Waals surface area contributed by atoms with Crippen LogP contribution in [-0.2, 0) is 4.79 Å². The predicted molar refractivity (Wildman–Crippen MR) is 77.5 cm³/mol. The largest absolute Gasteiger partial charge is 0.395 e. The normalized spacial score (nSPS) is 13.7. The van der Waals surface area contributed by atoms with Crippen molar-refractivity contribution in [3.63, 3.8) is 0 Å². The SMILES string of the molecule is O=C(C(CO)c1ccccc1)C(CO)c1ccccc1. The molecule has 0 radical (unpaired) electrons. The topological polar surface area (TPSA) is 57.5 Å². The molecule has 0 aliphatic rings. The number of ketones is 1. The van der Waals surface area contributed by atoms with E-state index >= 15 is 0 Å². The van der Waals surface area contributed by atoms with Gasteiger partial charge in [0, 0.05) is 0 Å². The van der Waals surface area contributed by atoms with Crippen LogP contribution in [-0.4, -0.2) is 29.2 Å². The summed E-state index contributed by atoms with van der Waals surface area (Å²) in [5.41, 5.74) is 1.55. The van der Waals surface area contributed by atoms with E-state index in [1.807, 2.05) is 60.7 Å². The fourth-order valence-electron chi connectivity index (χ4n) is 2.33. The smallest absolute Gasteiger partial charge is 0.152 e. The average molecular weight is 270 g/mol. The fraction of sp³-hybridized carbons (Fsp3) is 0.235. The first kappa shape index (κ1) is 14.4. The summed E-state index contributed by atoms with van der Waals surface area (Å²) >= 11 is 0. The van der Waals surface area contributed by atoms with E-state index in [2.05, 4.69) is 0 Å². The molecule has 0 spiro atoms. The molecule has 0 fully saturated rings. The Morgan fingerprint density at radius 3 is 1.40 bits per heavy atom. The maximum Gasteiger partial charge on any atom is 0.152 e. The van der Waals surface area contributed by atoms with Crippen LogP contribution in [0.3, 0.4) is 0 Å². The van der Waals surface area contributed by atoms with Crippen LogP contribution in [0, 0.1) is 0 Å². The molecule has 2 N–H and O–H groups in total. The van der Waals surface area contributed by atoms with Gasteiger partial charge < -0.3 is 10.2 Å². The van der Waals surface area contributed by atoms with Crippen molar-refractivity contribution in [2.75, 3.05) is 13.2 Å². The van der Waals surface area contributed by atoms with Gasteiger partial charge in [-0.3, -0.25) is 4.79 Å². The van der Waals surface area contributed by atoms with Crippen molar-refractivity contribution >= 4 is 5.78 Å². The summed E-state index contributed by atoms with van der Waals surface area (Å²) in [6.07, 6.45) is 0. The van der Waals surface area contributed by atoms with Crippen molar-refractivity contribution in [1.29, 1.82) is 0 Å². The Kier molecular flexibility index (Phi) is 5.04. The molecular weight excluding hydrogens is 252 g/mol. The van der Waals surface area contributed by atoms with E-state index < -0.39 is 11.8 Å². The minimum Gasteiger partial charge on any atom is -0.395 e. The van der Waals surface area contributed by atoms with Crippen molar-refractivity contribution in [2.24, 2.45) is 0 Å². The molecule has 2 unspecified atom stereocenters. The number of aliphatic hydroxyl groups is 2. The molecule has 0 saturated carbocycles. The lowest BCUT2D eigenvalue weighted by Crippen LogP contribution is -2.25. The predicted octanol–water partition coefficient (Wildman–Crippen LogP) is 2.11. The Morgan fingerprint density at radius 2 is 1.10 bits per heavy atom. The monoisotopic (exact) mass is 270 g/mol. The minimum absolute atomic E-state index is 0.160. The summed E-state index contributed by atoms with van der Waals surface area (Å²) in [5, 5.41) is 19.1. The first-order valence-electron chi connectivity index (χ1n) is 6.63. The molecule has 3 nitrogen and oxygen atoms in total. The summed E-state index contributed by atoms with van der Waals surface area (Å²) in [4.78, 5) is 12.6. The van der Waals surface area contributed by atoms with Gasteiger partial charge >= 0.3 is 0 Å². The second kappa shape index (κ2) is 6.98. The van der Waals surface area contributed by atoms with Gasteiger partial charge in [0.2, 0.25) is 0 Å². The van der Waals surface area contributed by atoms with E-state index in [1.54, 1.807) is 0 Å². The Hall–Kier alpha value is -1.97. The van der Waals surface area contributed by atoms with E-state index in [4.69, 9.17) is 0 Å². The van der Waals surface area contributed by atoms with Crippen molar-refractivity contribution in [3.05, 3.63) is 71.8 Å². The minimum atomic E-state index is -0.603. The lowest BCUT2D eigenvalue weighted by atomic mass is 9.84. The third-order valence-corrected chi connectivity index (χ3v) is 3.46. The molecule has 0 amide bonds. The Labute approximate surface area is 118 Å². The third-order valence-electron chi connectivity index (χ3n) is 3.46. The molecular formula is C17H18O3. The summed E-state index contributed by atoms with van der Waals surface area (Å²) in [7, 11) is 0. The molecule has 2 aromatic carbocycles. The van der Waals surface area contributed by atoms with Gasteiger partial charge in [0.15, 0.2) is 5.78 Å². The van der Waals surface area contributed by atoms with Gasteiger partial charge in [-0.2, -0.15) is 0 Å². The van der Waals surface area contributed by atoms with Gasteiger partial charge in [-0.25, -0.2) is 0 Å². The maximum atomic E-state index is 12.6. The van der Waals surface area contributed by atoms with Crippen LogP contribution >= 0.6 is 0 Å². The summed E-state index contributed by atoms with van der Waals surface area (Å²) in [6, 6.07) is 18.3. The molecule has 2 atom stereocenters. The van der Waals surface area contributed by atoms with Crippen LogP contribution in [0.4, 0.5) is 0 Å². The standard InChI is InChI=1S/C17H18O3/c18-11-15(13-7-3-1-4-8-13)17(20)16(12-19)14-9-5-2-6-10-14/h1-10,15-16,18-19H,11-12H2. The van der Waals surface area contributed by atoms with Crippen molar-refractivity contribution in [3.8, 4) is 0 Å². The van der Waals surface area contributed by atoms with Crippen LogP contribution in [0.15, 0.2) is 60.7 Å². The van der Waals surface area contributed by atoms with E-state index in [0.29, 0.717) is 0 Å². The van der Waals surface area contributed by atoms with Gasteiger partial charge in [0.25, 0.3) is 0 Å². The number of rotatable bonds is 6. The van der Waals surface area contributed by atoms with Gasteiger partial charge in [0.05, 0.1) is 25.0 Å². The van der Waals surface area contributed by atoms with Crippen LogP contribution in [0.2, 0.25) is 0 Å². The third kappa shape index (κ3) is 3.13. The maximum absolute atomic E-state index is 12.6. The van der Waals surface area contributed by atoms with Crippen molar-refractivity contribution in [2.45, 2.75) is 11.8 Å². The van der Waals surface area contributed by atoms with Gasteiger partial charge in [-0.15, -0.1) is 0 Å². The quantitative estimate of drug-likeness (QED) is 0.845. The molecule has 104 valence electrons. The first-order chi connectivity index (χ1) is 9.77. The molecule has 3 heteroatoms. The lowest BCUT2D eigenvalue weighted by molar-refractivity contribution is -0.123. The summed E-state index contributed by atoms with van der Waals surface area (Å²) < 4.78 is 0. The van der Waals surface area contributed by atoms with Crippen LogP contribution in [0.1, 0.15) is 23.0 Å².